The highest BCUT2D eigenvalue weighted by Crippen LogP contribution is 2.25. The standard InChI is InChI=1S/C13H16BrNO4/c1-4-10(13(17)19-3)15-12(16)8-5-6-9(14)11(7-8)18-2/h5-7,10H,4H2,1-3H3,(H,15,16)/t10-/m0/s1. The van der Waals surface area contributed by atoms with Crippen LogP contribution in [0.5, 0.6) is 5.75 Å². The Bertz CT molecular complexity index is 476. The SMILES string of the molecule is CC[C@H](NC(=O)c1ccc(Br)c(OC)c1)C(=O)OC. The molecule has 5 nitrogen and oxygen atoms in total. The molecule has 1 aromatic rings. The quantitative estimate of drug-likeness (QED) is 0.840. The molecule has 6 heteroatoms. The zero-order valence-corrected chi connectivity index (χ0v) is 12.6. The second-order valence-electron chi connectivity index (χ2n) is 3.81. The van der Waals surface area contributed by atoms with Crippen LogP contribution in [-0.4, -0.2) is 32.1 Å². The molecule has 104 valence electrons. The zero-order valence-electron chi connectivity index (χ0n) is 11.0. The van der Waals surface area contributed by atoms with Crippen molar-refractivity contribution < 1.29 is 19.1 Å². The molecule has 19 heavy (non-hydrogen) atoms. The van der Waals surface area contributed by atoms with Crippen molar-refractivity contribution in [2.75, 3.05) is 14.2 Å². The number of nitrogens with one attached hydrogen (secondary N) is 1. The molecule has 0 heterocycles. The monoisotopic (exact) mass is 329 g/mol. The van der Waals surface area contributed by atoms with Crippen molar-refractivity contribution in [1.82, 2.24) is 5.32 Å². The average Bonchev–Trinajstić information content (AvgIpc) is 2.44. The normalized spacial score (nSPS) is 11.6. The van der Waals surface area contributed by atoms with E-state index in [0.717, 1.165) is 4.47 Å². The molecule has 1 atom stereocenters. The van der Waals surface area contributed by atoms with Gasteiger partial charge in [-0.25, -0.2) is 4.79 Å². The smallest absolute Gasteiger partial charge is 0.328 e. The summed E-state index contributed by atoms with van der Waals surface area (Å²) in [6.45, 7) is 1.80. The Morgan fingerprint density at radius 3 is 2.58 bits per heavy atom. The molecule has 0 unspecified atom stereocenters. The summed E-state index contributed by atoms with van der Waals surface area (Å²) in [5.74, 6) is -0.248. The van der Waals surface area contributed by atoms with Gasteiger partial charge in [0.05, 0.1) is 18.7 Å². The molecule has 0 aliphatic rings. The first kappa shape index (κ1) is 15.5. The first-order chi connectivity index (χ1) is 9.03. The minimum Gasteiger partial charge on any atom is -0.496 e. The Morgan fingerprint density at radius 1 is 1.37 bits per heavy atom. The second-order valence-corrected chi connectivity index (χ2v) is 4.66. The predicted molar refractivity (Wildman–Crippen MR) is 74.3 cm³/mol. The maximum Gasteiger partial charge on any atom is 0.328 e. The Hall–Kier alpha value is -1.56. The van der Waals surface area contributed by atoms with E-state index in [-0.39, 0.29) is 5.91 Å². The van der Waals surface area contributed by atoms with Crippen molar-refractivity contribution in [3.63, 3.8) is 0 Å². The topological polar surface area (TPSA) is 64.6 Å². The Kier molecular flexibility index (Phi) is 5.82. The number of ether oxygens (including phenoxy) is 2. The van der Waals surface area contributed by atoms with Gasteiger partial charge in [-0.2, -0.15) is 0 Å². The molecule has 0 saturated carbocycles. The van der Waals surface area contributed by atoms with E-state index in [1.54, 1.807) is 25.1 Å². The van der Waals surface area contributed by atoms with E-state index < -0.39 is 12.0 Å². The van der Waals surface area contributed by atoms with Crippen LogP contribution in [0, 0.1) is 0 Å². The van der Waals surface area contributed by atoms with Gasteiger partial charge in [-0.1, -0.05) is 6.92 Å². The number of carbonyl (C=O) groups is 2. The summed E-state index contributed by atoms with van der Waals surface area (Å²) < 4.78 is 10.5. The third-order valence-electron chi connectivity index (χ3n) is 2.61. The summed E-state index contributed by atoms with van der Waals surface area (Å²) in [5.41, 5.74) is 0.419. The highest BCUT2D eigenvalue weighted by molar-refractivity contribution is 9.10. The number of halogens is 1. The fourth-order valence-corrected chi connectivity index (χ4v) is 1.92. The van der Waals surface area contributed by atoms with Gasteiger partial charge in [0.25, 0.3) is 5.91 Å². The van der Waals surface area contributed by atoms with Gasteiger partial charge in [0, 0.05) is 5.56 Å². The third kappa shape index (κ3) is 3.96. The van der Waals surface area contributed by atoms with Gasteiger partial charge >= 0.3 is 5.97 Å². The molecule has 0 spiro atoms. The summed E-state index contributed by atoms with van der Waals surface area (Å²) in [4.78, 5) is 23.4. The van der Waals surface area contributed by atoms with E-state index >= 15 is 0 Å². The van der Waals surface area contributed by atoms with E-state index in [1.165, 1.54) is 14.2 Å². The molecule has 1 amide bonds. The molecular weight excluding hydrogens is 314 g/mol. The Labute approximate surface area is 120 Å². The minimum atomic E-state index is -0.646. The predicted octanol–water partition coefficient (Wildman–Crippen LogP) is 2.14. The molecular formula is C13H16BrNO4. The van der Waals surface area contributed by atoms with Crippen LogP contribution in [0.3, 0.4) is 0 Å². The molecule has 0 fully saturated rings. The number of hydrogen-bond donors (Lipinski definition) is 1. The summed E-state index contributed by atoms with van der Waals surface area (Å²) >= 11 is 3.31. The lowest BCUT2D eigenvalue weighted by atomic mass is 10.1. The van der Waals surface area contributed by atoms with Crippen molar-refractivity contribution in [2.45, 2.75) is 19.4 Å². The molecule has 0 aliphatic heterocycles. The Balaban J connectivity index is 2.85. The van der Waals surface area contributed by atoms with E-state index in [0.29, 0.717) is 17.7 Å². The summed E-state index contributed by atoms with van der Waals surface area (Å²) in [7, 11) is 2.81. The molecule has 0 aromatic heterocycles. The van der Waals surface area contributed by atoms with E-state index in [9.17, 15) is 9.59 Å². The number of benzene rings is 1. The lowest BCUT2D eigenvalue weighted by Gasteiger charge is -2.15. The van der Waals surface area contributed by atoms with Gasteiger partial charge in [0.1, 0.15) is 11.8 Å². The molecule has 1 rings (SSSR count). The largest absolute Gasteiger partial charge is 0.496 e. The van der Waals surface area contributed by atoms with Crippen LogP contribution in [0.1, 0.15) is 23.7 Å². The van der Waals surface area contributed by atoms with Crippen LogP contribution < -0.4 is 10.1 Å². The van der Waals surface area contributed by atoms with Crippen molar-refractivity contribution in [2.24, 2.45) is 0 Å². The fraction of sp³-hybridized carbons (Fsp3) is 0.385. The summed E-state index contributed by atoms with van der Waals surface area (Å²) in [5, 5.41) is 2.62. The lowest BCUT2D eigenvalue weighted by molar-refractivity contribution is -0.142. The van der Waals surface area contributed by atoms with Crippen LogP contribution in [0.25, 0.3) is 0 Å². The van der Waals surface area contributed by atoms with Gasteiger partial charge in [-0.15, -0.1) is 0 Å². The second kappa shape index (κ2) is 7.13. The number of carbonyl (C=O) groups excluding carboxylic acids is 2. The minimum absolute atomic E-state index is 0.344. The van der Waals surface area contributed by atoms with Crippen molar-refractivity contribution in [3.05, 3.63) is 28.2 Å². The van der Waals surface area contributed by atoms with Gasteiger partial charge in [0.2, 0.25) is 0 Å². The van der Waals surface area contributed by atoms with Gasteiger partial charge in [0.15, 0.2) is 0 Å². The van der Waals surface area contributed by atoms with Crippen molar-refractivity contribution in [1.29, 1.82) is 0 Å². The Morgan fingerprint density at radius 2 is 2.05 bits per heavy atom. The molecule has 1 N–H and O–H groups in total. The van der Waals surface area contributed by atoms with E-state index in [2.05, 4.69) is 26.0 Å². The molecule has 1 aromatic carbocycles. The van der Waals surface area contributed by atoms with Gasteiger partial charge in [-0.05, 0) is 40.5 Å². The number of rotatable bonds is 5. The van der Waals surface area contributed by atoms with Crippen molar-refractivity contribution in [3.8, 4) is 5.75 Å². The zero-order chi connectivity index (χ0) is 14.4. The van der Waals surface area contributed by atoms with E-state index in [4.69, 9.17) is 4.74 Å². The highest BCUT2D eigenvalue weighted by Gasteiger charge is 2.20. The van der Waals surface area contributed by atoms with Crippen LogP contribution in [0.4, 0.5) is 0 Å². The van der Waals surface area contributed by atoms with Crippen molar-refractivity contribution >= 4 is 27.8 Å². The number of esters is 1. The average molecular weight is 330 g/mol. The molecule has 0 bridgehead atoms. The number of methoxy groups -OCH3 is 2. The number of hydrogen-bond acceptors (Lipinski definition) is 4. The van der Waals surface area contributed by atoms with Crippen LogP contribution >= 0.6 is 15.9 Å². The first-order valence-electron chi connectivity index (χ1n) is 5.75. The van der Waals surface area contributed by atoms with Gasteiger partial charge < -0.3 is 14.8 Å². The maximum atomic E-state index is 12.0. The third-order valence-corrected chi connectivity index (χ3v) is 3.27. The highest BCUT2D eigenvalue weighted by atomic mass is 79.9. The van der Waals surface area contributed by atoms with Crippen LogP contribution in [0.15, 0.2) is 22.7 Å². The van der Waals surface area contributed by atoms with Gasteiger partial charge in [-0.3, -0.25) is 4.79 Å². The van der Waals surface area contributed by atoms with E-state index in [1.807, 2.05) is 0 Å². The maximum absolute atomic E-state index is 12.0. The fourth-order valence-electron chi connectivity index (χ4n) is 1.51. The molecule has 0 saturated heterocycles. The first-order valence-corrected chi connectivity index (χ1v) is 6.55. The van der Waals surface area contributed by atoms with Crippen LogP contribution in [-0.2, 0) is 9.53 Å². The number of amides is 1. The summed E-state index contributed by atoms with van der Waals surface area (Å²) in [6.07, 6.45) is 0.464. The molecule has 0 radical (unpaired) electrons. The molecule has 0 aliphatic carbocycles. The van der Waals surface area contributed by atoms with Crippen LogP contribution in [0.2, 0.25) is 0 Å². The summed E-state index contributed by atoms with van der Waals surface area (Å²) in [6, 6.07) is 4.31. The lowest BCUT2D eigenvalue weighted by Crippen LogP contribution is -2.41.